The van der Waals surface area contributed by atoms with E-state index in [2.05, 4.69) is 5.32 Å². The number of benzene rings is 3. The average molecular weight is 373 g/mol. The second kappa shape index (κ2) is 7.19. The molecule has 0 unspecified atom stereocenters. The molecule has 0 aliphatic carbocycles. The standard InChI is InChI=1S/C23H19NO4/c1-14-12-22(26)28-23-15(2)20(11-10-17(14)23)27-13-21(25)24-19-9-5-7-16-6-3-4-8-18(16)19/h3-12H,13H2,1-2H3,(H,24,25). The van der Waals surface area contributed by atoms with Crippen LogP contribution in [0, 0.1) is 13.8 Å². The molecule has 1 heterocycles. The molecule has 4 aromatic rings. The molecule has 0 aliphatic heterocycles. The van der Waals surface area contributed by atoms with Crippen molar-refractivity contribution in [3.8, 4) is 5.75 Å². The molecule has 5 nitrogen and oxygen atoms in total. The highest BCUT2D eigenvalue weighted by molar-refractivity contribution is 6.02. The fraction of sp³-hybridized carbons (Fsp3) is 0.130. The lowest BCUT2D eigenvalue weighted by molar-refractivity contribution is -0.118. The van der Waals surface area contributed by atoms with Crippen LogP contribution in [-0.4, -0.2) is 12.5 Å². The third-order valence-corrected chi connectivity index (χ3v) is 4.74. The number of nitrogens with one attached hydrogen (secondary N) is 1. The molecule has 3 aromatic carbocycles. The molecule has 0 atom stereocenters. The molecule has 1 N–H and O–H groups in total. The van der Waals surface area contributed by atoms with Crippen LogP contribution in [0.4, 0.5) is 5.69 Å². The SMILES string of the molecule is Cc1cc(=O)oc2c(C)c(OCC(=O)Nc3cccc4ccccc34)ccc12. The number of rotatable bonds is 4. The van der Waals surface area contributed by atoms with Gasteiger partial charge in [0.2, 0.25) is 0 Å². The van der Waals surface area contributed by atoms with Gasteiger partial charge in [-0.25, -0.2) is 4.79 Å². The van der Waals surface area contributed by atoms with Crippen molar-refractivity contribution >= 4 is 33.3 Å². The minimum absolute atomic E-state index is 0.147. The van der Waals surface area contributed by atoms with Gasteiger partial charge < -0.3 is 14.5 Å². The van der Waals surface area contributed by atoms with Gasteiger partial charge in [0.05, 0.1) is 0 Å². The van der Waals surface area contributed by atoms with Crippen LogP contribution in [-0.2, 0) is 4.79 Å². The summed E-state index contributed by atoms with van der Waals surface area (Å²) in [6.45, 7) is 3.52. The van der Waals surface area contributed by atoms with Crippen LogP contribution in [0.1, 0.15) is 11.1 Å². The first-order valence-corrected chi connectivity index (χ1v) is 8.97. The maximum atomic E-state index is 12.4. The maximum absolute atomic E-state index is 12.4. The zero-order chi connectivity index (χ0) is 19.7. The Morgan fingerprint density at radius 1 is 1.00 bits per heavy atom. The van der Waals surface area contributed by atoms with E-state index >= 15 is 0 Å². The summed E-state index contributed by atoms with van der Waals surface area (Å²) >= 11 is 0. The number of carbonyl (C=O) groups is 1. The molecule has 140 valence electrons. The van der Waals surface area contributed by atoms with Crippen LogP contribution in [0.2, 0.25) is 0 Å². The lowest BCUT2D eigenvalue weighted by Crippen LogP contribution is -2.20. The monoisotopic (exact) mass is 373 g/mol. The summed E-state index contributed by atoms with van der Waals surface area (Å²) in [4.78, 5) is 24.1. The number of hydrogen-bond acceptors (Lipinski definition) is 4. The zero-order valence-electron chi connectivity index (χ0n) is 15.6. The average Bonchev–Trinajstić information content (AvgIpc) is 2.68. The first-order valence-electron chi connectivity index (χ1n) is 8.97. The van der Waals surface area contributed by atoms with Crippen molar-refractivity contribution in [1.29, 1.82) is 0 Å². The summed E-state index contributed by atoms with van der Waals surface area (Å²) in [5, 5.41) is 5.77. The number of amides is 1. The molecule has 0 bridgehead atoms. The normalized spacial score (nSPS) is 10.9. The van der Waals surface area contributed by atoms with E-state index in [1.807, 2.05) is 62.4 Å². The Labute approximate surface area is 161 Å². The minimum Gasteiger partial charge on any atom is -0.483 e. The lowest BCUT2D eigenvalue weighted by Gasteiger charge is -2.12. The van der Waals surface area contributed by atoms with E-state index in [4.69, 9.17) is 9.15 Å². The lowest BCUT2D eigenvalue weighted by atomic mass is 10.1. The van der Waals surface area contributed by atoms with E-state index in [0.717, 1.165) is 27.4 Å². The smallest absolute Gasteiger partial charge is 0.336 e. The van der Waals surface area contributed by atoms with Crippen LogP contribution in [0.5, 0.6) is 5.75 Å². The number of carbonyl (C=O) groups excluding carboxylic acids is 1. The number of fused-ring (bicyclic) bond motifs is 2. The molecule has 1 aromatic heterocycles. The molecular formula is C23H19NO4. The third kappa shape index (κ3) is 3.34. The number of aryl methyl sites for hydroxylation is 2. The summed E-state index contributed by atoms with van der Waals surface area (Å²) < 4.78 is 11.0. The quantitative estimate of drug-likeness (QED) is 0.532. The summed E-state index contributed by atoms with van der Waals surface area (Å²) in [5.41, 5.74) is 2.35. The molecular weight excluding hydrogens is 354 g/mol. The molecule has 0 spiro atoms. The van der Waals surface area contributed by atoms with Gasteiger partial charge in [-0.05, 0) is 43.0 Å². The highest BCUT2D eigenvalue weighted by Gasteiger charge is 2.12. The van der Waals surface area contributed by atoms with E-state index in [1.54, 1.807) is 6.07 Å². The fourth-order valence-electron chi connectivity index (χ4n) is 3.32. The van der Waals surface area contributed by atoms with Crippen molar-refractivity contribution in [1.82, 2.24) is 0 Å². The van der Waals surface area contributed by atoms with Crippen molar-refractivity contribution < 1.29 is 13.9 Å². The Morgan fingerprint density at radius 3 is 2.64 bits per heavy atom. The van der Waals surface area contributed by atoms with Gasteiger partial charge in [0.15, 0.2) is 6.61 Å². The fourth-order valence-corrected chi connectivity index (χ4v) is 3.32. The third-order valence-electron chi connectivity index (χ3n) is 4.74. The molecule has 5 heteroatoms. The summed E-state index contributed by atoms with van der Waals surface area (Å²) in [6.07, 6.45) is 0. The molecule has 28 heavy (non-hydrogen) atoms. The van der Waals surface area contributed by atoms with Gasteiger partial charge in [0.25, 0.3) is 5.91 Å². The molecule has 0 fully saturated rings. The van der Waals surface area contributed by atoms with E-state index in [1.165, 1.54) is 6.07 Å². The Morgan fingerprint density at radius 2 is 1.79 bits per heavy atom. The topological polar surface area (TPSA) is 68.5 Å². The van der Waals surface area contributed by atoms with Gasteiger partial charge in [-0.2, -0.15) is 0 Å². The van der Waals surface area contributed by atoms with Crippen molar-refractivity contribution in [3.63, 3.8) is 0 Å². The molecule has 0 saturated carbocycles. The first kappa shape index (κ1) is 17.8. The Kier molecular flexibility index (Phi) is 4.57. The van der Waals surface area contributed by atoms with Crippen molar-refractivity contribution in [2.24, 2.45) is 0 Å². The highest BCUT2D eigenvalue weighted by Crippen LogP contribution is 2.28. The van der Waals surface area contributed by atoms with Gasteiger partial charge >= 0.3 is 5.63 Å². The predicted molar refractivity (Wildman–Crippen MR) is 110 cm³/mol. The maximum Gasteiger partial charge on any atom is 0.336 e. The van der Waals surface area contributed by atoms with Crippen molar-refractivity contribution in [2.45, 2.75) is 13.8 Å². The second-order valence-corrected chi connectivity index (χ2v) is 6.68. The van der Waals surface area contributed by atoms with Crippen LogP contribution in [0.15, 0.2) is 69.9 Å². The van der Waals surface area contributed by atoms with Crippen LogP contribution < -0.4 is 15.7 Å². The van der Waals surface area contributed by atoms with Crippen LogP contribution in [0.3, 0.4) is 0 Å². The summed E-state index contributed by atoms with van der Waals surface area (Å²) in [6, 6.07) is 18.7. The summed E-state index contributed by atoms with van der Waals surface area (Å²) in [5.74, 6) is 0.246. The minimum atomic E-state index is -0.404. The van der Waals surface area contributed by atoms with E-state index < -0.39 is 5.63 Å². The van der Waals surface area contributed by atoms with Crippen molar-refractivity contribution in [3.05, 3.63) is 82.2 Å². The highest BCUT2D eigenvalue weighted by atomic mass is 16.5. The number of hydrogen-bond donors (Lipinski definition) is 1. The molecule has 0 radical (unpaired) electrons. The Hall–Kier alpha value is -3.60. The van der Waals surface area contributed by atoms with Gasteiger partial charge in [-0.1, -0.05) is 36.4 Å². The molecule has 0 aliphatic rings. The van der Waals surface area contributed by atoms with E-state index in [9.17, 15) is 9.59 Å². The van der Waals surface area contributed by atoms with Gasteiger partial charge in [-0.3, -0.25) is 4.79 Å². The number of anilines is 1. The van der Waals surface area contributed by atoms with E-state index in [0.29, 0.717) is 16.9 Å². The molecule has 0 saturated heterocycles. The molecule has 4 rings (SSSR count). The Bertz CT molecular complexity index is 1250. The Balaban J connectivity index is 1.53. The van der Waals surface area contributed by atoms with Gasteiger partial charge in [0.1, 0.15) is 11.3 Å². The zero-order valence-corrected chi connectivity index (χ0v) is 15.6. The van der Waals surface area contributed by atoms with E-state index in [-0.39, 0.29) is 12.5 Å². The molecule has 1 amide bonds. The summed E-state index contributed by atoms with van der Waals surface area (Å²) in [7, 11) is 0. The van der Waals surface area contributed by atoms with Gasteiger partial charge in [-0.15, -0.1) is 0 Å². The van der Waals surface area contributed by atoms with Crippen LogP contribution >= 0.6 is 0 Å². The van der Waals surface area contributed by atoms with Crippen molar-refractivity contribution in [2.75, 3.05) is 11.9 Å². The largest absolute Gasteiger partial charge is 0.483 e. The van der Waals surface area contributed by atoms with Crippen LogP contribution in [0.25, 0.3) is 21.7 Å². The first-order chi connectivity index (χ1) is 13.5. The predicted octanol–water partition coefficient (Wildman–Crippen LogP) is 4.58. The second-order valence-electron chi connectivity index (χ2n) is 6.68. The number of ether oxygens (including phenoxy) is 1. The van der Waals surface area contributed by atoms with Gasteiger partial charge in [0, 0.05) is 28.1 Å².